The smallest absolute Gasteiger partial charge is 0.316 e. The Morgan fingerprint density at radius 2 is 1.60 bits per heavy atom. The van der Waals surface area contributed by atoms with Gasteiger partial charge in [0.05, 0.1) is 18.8 Å². The fourth-order valence-corrected chi connectivity index (χ4v) is 1.30. The minimum atomic E-state index is -0.708. The summed E-state index contributed by atoms with van der Waals surface area (Å²) in [4.78, 5) is 33.9. The molecule has 108 valence electrons. The Labute approximate surface area is 117 Å². The van der Waals surface area contributed by atoms with Gasteiger partial charge in [0.25, 0.3) is 0 Å². The van der Waals surface area contributed by atoms with Crippen LogP contribution in [0.1, 0.15) is 32.3 Å². The van der Waals surface area contributed by atoms with Crippen molar-refractivity contribution in [2.45, 2.75) is 33.3 Å². The van der Waals surface area contributed by atoms with Crippen molar-refractivity contribution in [2.24, 2.45) is 5.92 Å². The zero-order chi connectivity index (χ0) is 15.0. The topological polar surface area (TPSA) is 69.7 Å². The SMILES string of the molecule is CC(C)C(=O)OC(=O)CCC(=O)OCc1ccccc1. The molecule has 0 fully saturated rings. The second-order valence-electron chi connectivity index (χ2n) is 4.59. The molecule has 0 saturated carbocycles. The normalized spacial score (nSPS) is 10.2. The van der Waals surface area contributed by atoms with Gasteiger partial charge in [-0.15, -0.1) is 0 Å². The number of benzene rings is 1. The van der Waals surface area contributed by atoms with Crippen molar-refractivity contribution in [1.29, 1.82) is 0 Å². The third kappa shape index (κ3) is 6.13. The molecule has 1 aromatic rings. The van der Waals surface area contributed by atoms with Crippen LogP contribution in [0.25, 0.3) is 0 Å². The molecule has 0 radical (unpaired) electrons. The molecule has 1 aromatic carbocycles. The molecule has 0 atom stereocenters. The summed E-state index contributed by atoms with van der Waals surface area (Å²) in [6.45, 7) is 3.42. The maximum Gasteiger partial charge on any atom is 0.316 e. The van der Waals surface area contributed by atoms with Crippen LogP contribution in [0.3, 0.4) is 0 Å². The van der Waals surface area contributed by atoms with Crippen LogP contribution in [0.2, 0.25) is 0 Å². The van der Waals surface area contributed by atoms with E-state index in [1.165, 1.54) is 0 Å². The van der Waals surface area contributed by atoms with E-state index in [2.05, 4.69) is 4.74 Å². The molecular weight excluding hydrogens is 260 g/mol. The van der Waals surface area contributed by atoms with Gasteiger partial charge in [0.15, 0.2) is 0 Å². The van der Waals surface area contributed by atoms with Crippen LogP contribution in [0.5, 0.6) is 0 Å². The summed E-state index contributed by atoms with van der Waals surface area (Å²) in [5.74, 6) is -2.17. The molecule has 0 aliphatic carbocycles. The Hall–Kier alpha value is -2.17. The lowest BCUT2D eigenvalue weighted by atomic mass is 10.2. The number of carbonyl (C=O) groups excluding carboxylic acids is 3. The van der Waals surface area contributed by atoms with Crippen LogP contribution < -0.4 is 0 Å². The molecule has 0 saturated heterocycles. The predicted molar refractivity (Wildman–Crippen MR) is 71.4 cm³/mol. The number of carbonyl (C=O) groups is 3. The van der Waals surface area contributed by atoms with E-state index in [1.807, 2.05) is 30.3 Å². The molecule has 5 nitrogen and oxygen atoms in total. The van der Waals surface area contributed by atoms with Crippen molar-refractivity contribution < 1.29 is 23.9 Å². The largest absolute Gasteiger partial charge is 0.461 e. The molecule has 0 aliphatic rings. The minimum absolute atomic E-state index is 0.100. The van der Waals surface area contributed by atoms with E-state index in [0.29, 0.717) is 0 Å². The monoisotopic (exact) mass is 278 g/mol. The molecule has 0 aromatic heterocycles. The number of hydrogen-bond acceptors (Lipinski definition) is 5. The highest BCUT2D eigenvalue weighted by Gasteiger charge is 2.15. The molecule has 5 heteroatoms. The second kappa shape index (κ2) is 8.09. The fourth-order valence-electron chi connectivity index (χ4n) is 1.30. The van der Waals surface area contributed by atoms with Gasteiger partial charge in [0.2, 0.25) is 0 Å². The molecule has 0 heterocycles. The Balaban J connectivity index is 2.23. The van der Waals surface area contributed by atoms with E-state index in [0.717, 1.165) is 5.56 Å². The molecule has 0 N–H and O–H groups in total. The van der Waals surface area contributed by atoms with Gasteiger partial charge in [-0.3, -0.25) is 14.4 Å². The molecule has 0 unspecified atom stereocenters. The van der Waals surface area contributed by atoms with Gasteiger partial charge in [-0.2, -0.15) is 0 Å². The zero-order valence-electron chi connectivity index (χ0n) is 11.6. The van der Waals surface area contributed by atoms with Crippen LogP contribution in [0.4, 0.5) is 0 Å². The molecule has 20 heavy (non-hydrogen) atoms. The van der Waals surface area contributed by atoms with Crippen LogP contribution in [0.15, 0.2) is 30.3 Å². The number of esters is 3. The summed E-state index contributed by atoms with van der Waals surface area (Å²) >= 11 is 0. The summed E-state index contributed by atoms with van der Waals surface area (Å²) in [5.41, 5.74) is 0.874. The first-order chi connectivity index (χ1) is 9.49. The van der Waals surface area contributed by atoms with E-state index >= 15 is 0 Å². The zero-order valence-corrected chi connectivity index (χ0v) is 11.6. The van der Waals surface area contributed by atoms with Crippen molar-refractivity contribution in [3.8, 4) is 0 Å². The summed E-state index contributed by atoms with van der Waals surface area (Å²) in [7, 11) is 0. The maximum absolute atomic E-state index is 11.4. The van der Waals surface area contributed by atoms with Gasteiger partial charge < -0.3 is 9.47 Å². The molecule has 0 bridgehead atoms. The van der Waals surface area contributed by atoms with Gasteiger partial charge in [-0.1, -0.05) is 44.2 Å². The summed E-state index contributed by atoms with van der Waals surface area (Å²) in [6, 6.07) is 9.23. The van der Waals surface area contributed by atoms with Crippen LogP contribution in [-0.4, -0.2) is 17.9 Å². The molecular formula is C15H18O5. The van der Waals surface area contributed by atoms with Crippen molar-refractivity contribution >= 4 is 17.9 Å². The van der Waals surface area contributed by atoms with Crippen molar-refractivity contribution in [2.75, 3.05) is 0 Å². The Morgan fingerprint density at radius 3 is 2.20 bits per heavy atom. The van der Waals surface area contributed by atoms with Crippen molar-refractivity contribution in [3.05, 3.63) is 35.9 Å². The Bertz CT molecular complexity index is 464. The average molecular weight is 278 g/mol. The van der Waals surface area contributed by atoms with Crippen molar-refractivity contribution in [3.63, 3.8) is 0 Å². The number of rotatable bonds is 6. The van der Waals surface area contributed by atoms with E-state index in [-0.39, 0.29) is 25.4 Å². The van der Waals surface area contributed by atoms with Gasteiger partial charge in [-0.25, -0.2) is 0 Å². The van der Waals surface area contributed by atoms with Crippen LogP contribution >= 0.6 is 0 Å². The van der Waals surface area contributed by atoms with E-state index in [4.69, 9.17) is 4.74 Å². The fraction of sp³-hybridized carbons (Fsp3) is 0.400. The van der Waals surface area contributed by atoms with E-state index < -0.39 is 17.9 Å². The van der Waals surface area contributed by atoms with Crippen molar-refractivity contribution in [1.82, 2.24) is 0 Å². The molecule has 0 aliphatic heterocycles. The first-order valence-corrected chi connectivity index (χ1v) is 6.43. The third-order valence-electron chi connectivity index (χ3n) is 2.46. The van der Waals surface area contributed by atoms with E-state index in [1.54, 1.807) is 13.8 Å². The summed E-state index contributed by atoms with van der Waals surface area (Å²) in [5, 5.41) is 0. The van der Waals surface area contributed by atoms with Gasteiger partial charge in [0.1, 0.15) is 6.61 Å². The number of ether oxygens (including phenoxy) is 2. The Kier molecular flexibility index (Phi) is 6.43. The van der Waals surface area contributed by atoms with Gasteiger partial charge in [0, 0.05) is 0 Å². The Morgan fingerprint density at radius 1 is 1.00 bits per heavy atom. The number of hydrogen-bond donors (Lipinski definition) is 0. The highest BCUT2D eigenvalue weighted by molar-refractivity contribution is 5.87. The summed E-state index contributed by atoms with van der Waals surface area (Å²) in [6.07, 6.45) is -0.261. The lowest BCUT2D eigenvalue weighted by Crippen LogP contribution is -2.18. The predicted octanol–water partition coefficient (Wildman–Crippen LogP) is 2.24. The lowest BCUT2D eigenvalue weighted by Gasteiger charge is -2.06. The third-order valence-corrected chi connectivity index (χ3v) is 2.46. The highest BCUT2D eigenvalue weighted by Crippen LogP contribution is 2.04. The minimum Gasteiger partial charge on any atom is -0.461 e. The highest BCUT2D eigenvalue weighted by atomic mass is 16.6. The van der Waals surface area contributed by atoms with Gasteiger partial charge in [-0.05, 0) is 5.56 Å². The quantitative estimate of drug-likeness (QED) is 0.589. The molecule has 0 spiro atoms. The second-order valence-corrected chi connectivity index (χ2v) is 4.59. The lowest BCUT2D eigenvalue weighted by molar-refractivity contribution is -0.163. The summed E-state index contributed by atoms with van der Waals surface area (Å²) < 4.78 is 9.54. The standard InChI is InChI=1S/C15H18O5/c1-11(2)15(18)20-14(17)9-8-13(16)19-10-12-6-4-3-5-7-12/h3-7,11H,8-10H2,1-2H3. The molecule has 1 rings (SSSR count). The van der Waals surface area contributed by atoms with Gasteiger partial charge >= 0.3 is 17.9 Å². The molecule has 0 amide bonds. The first-order valence-electron chi connectivity index (χ1n) is 6.43. The first kappa shape index (κ1) is 15.9. The van der Waals surface area contributed by atoms with Crippen LogP contribution in [0, 0.1) is 5.92 Å². The average Bonchev–Trinajstić information content (AvgIpc) is 2.43. The maximum atomic E-state index is 11.4. The van der Waals surface area contributed by atoms with Crippen LogP contribution in [-0.2, 0) is 30.5 Å². The van der Waals surface area contributed by atoms with E-state index in [9.17, 15) is 14.4 Å².